The topological polar surface area (TPSA) is 32.9 Å². The minimum atomic E-state index is -4.38. The highest BCUT2D eigenvalue weighted by Gasteiger charge is 2.30. The van der Waals surface area contributed by atoms with Gasteiger partial charge in [-0.05, 0) is 36.6 Å². The fraction of sp³-hybridized carbons (Fsp3) is 0.182. The third kappa shape index (κ3) is 1.80. The van der Waals surface area contributed by atoms with Crippen LogP contribution >= 0.6 is 0 Å². The van der Waals surface area contributed by atoms with Crippen molar-refractivity contribution in [3.8, 4) is 0 Å². The van der Waals surface area contributed by atoms with E-state index in [2.05, 4.69) is 4.98 Å². The van der Waals surface area contributed by atoms with Gasteiger partial charge in [-0.25, -0.2) is 0 Å². The van der Waals surface area contributed by atoms with Crippen molar-refractivity contribution in [2.24, 2.45) is 0 Å². The summed E-state index contributed by atoms with van der Waals surface area (Å²) in [4.78, 5) is 14.0. The van der Waals surface area contributed by atoms with Crippen LogP contribution in [-0.2, 0) is 6.18 Å². The van der Waals surface area contributed by atoms with Crippen LogP contribution in [0.4, 0.5) is 13.2 Å². The summed E-state index contributed by atoms with van der Waals surface area (Å²) in [6.45, 7) is 1.63. The molecule has 5 heteroatoms. The summed E-state index contributed by atoms with van der Waals surface area (Å²) in [6.07, 6.45) is -4.38. The van der Waals surface area contributed by atoms with Crippen LogP contribution in [0.1, 0.15) is 11.3 Å². The van der Waals surface area contributed by atoms with Crippen molar-refractivity contribution in [2.75, 3.05) is 0 Å². The van der Waals surface area contributed by atoms with Gasteiger partial charge in [-0.15, -0.1) is 0 Å². The Balaban J connectivity index is 2.76. The number of alkyl halides is 3. The molecule has 1 aromatic heterocycles. The molecule has 2 nitrogen and oxygen atoms in total. The number of aromatic amines is 1. The van der Waals surface area contributed by atoms with Crippen LogP contribution in [0, 0.1) is 6.92 Å². The van der Waals surface area contributed by atoms with Crippen molar-refractivity contribution in [1.82, 2.24) is 4.98 Å². The fourth-order valence-corrected chi connectivity index (χ4v) is 1.58. The maximum atomic E-state index is 12.4. The quantitative estimate of drug-likeness (QED) is 0.737. The number of fused-ring (bicyclic) bond motifs is 1. The van der Waals surface area contributed by atoms with Gasteiger partial charge in [0, 0.05) is 11.1 Å². The number of hydrogen-bond donors (Lipinski definition) is 1. The molecule has 0 amide bonds. The van der Waals surface area contributed by atoms with Crippen molar-refractivity contribution in [3.05, 3.63) is 45.9 Å². The Labute approximate surface area is 88.7 Å². The van der Waals surface area contributed by atoms with Gasteiger partial charge in [0.25, 0.3) is 5.56 Å². The lowest BCUT2D eigenvalue weighted by molar-refractivity contribution is -0.137. The molecule has 0 aliphatic heterocycles. The summed E-state index contributed by atoms with van der Waals surface area (Å²) < 4.78 is 37.3. The van der Waals surface area contributed by atoms with E-state index in [0.29, 0.717) is 11.1 Å². The lowest BCUT2D eigenvalue weighted by Crippen LogP contribution is -2.09. The Bertz CT molecular complexity index is 598. The normalized spacial score (nSPS) is 12.0. The zero-order chi connectivity index (χ0) is 11.9. The van der Waals surface area contributed by atoms with Gasteiger partial charge in [0.05, 0.1) is 5.56 Å². The van der Waals surface area contributed by atoms with Crippen molar-refractivity contribution in [2.45, 2.75) is 13.1 Å². The van der Waals surface area contributed by atoms with Crippen LogP contribution in [0.3, 0.4) is 0 Å². The Morgan fingerprint density at radius 3 is 2.50 bits per heavy atom. The summed E-state index contributed by atoms with van der Waals surface area (Å²) in [5.74, 6) is 0. The zero-order valence-corrected chi connectivity index (χ0v) is 8.35. The van der Waals surface area contributed by atoms with Gasteiger partial charge in [-0.3, -0.25) is 4.79 Å². The fourth-order valence-electron chi connectivity index (χ4n) is 1.58. The third-order valence-corrected chi connectivity index (χ3v) is 2.31. The maximum Gasteiger partial charge on any atom is 0.416 e. The minimum absolute atomic E-state index is 0.263. The number of aryl methyl sites for hydroxylation is 1. The van der Waals surface area contributed by atoms with E-state index in [9.17, 15) is 18.0 Å². The first-order valence-corrected chi connectivity index (χ1v) is 4.59. The molecular formula is C11H8F3NO. The van der Waals surface area contributed by atoms with E-state index in [4.69, 9.17) is 0 Å². The molecule has 2 rings (SSSR count). The molecule has 16 heavy (non-hydrogen) atoms. The second-order valence-electron chi connectivity index (χ2n) is 3.58. The molecule has 2 aromatic rings. The van der Waals surface area contributed by atoms with Gasteiger partial charge in [-0.1, -0.05) is 0 Å². The standard InChI is InChI=1S/C11H8F3NO/c1-6-4-7-5-8(11(12,13)14)2-3-9(7)10(16)15-6/h2-5H,1H3,(H,15,16). The molecule has 0 unspecified atom stereocenters. The van der Waals surface area contributed by atoms with E-state index in [0.717, 1.165) is 12.1 Å². The van der Waals surface area contributed by atoms with Crippen molar-refractivity contribution in [1.29, 1.82) is 0 Å². The number of aromatic nitrogens is 1. The number of pyridine rings is 1. The van der Waals surface area contributed by atoms with Crippen LogP contribution in [0.25, 0.3) is 10.8 Å². The van der Waals surface area contributed by atoms with Crippen LogP contribution in [0.5, 0.6) is 0 Å². The monoisotopic (exact) mass is 227 g/mol. The molecule has 1 N–H and O–H groups in total. The highest BCUT2D eigenvalue weighted by molar-refractivity contribution is 5.82. The van der Waals surface area contributed by atoms with E-state index in [1.54, 1.807) is 6.92 Å². The molecule has 0 aliphatic rings. The molecule has 0 radical (unpaired) electrons. The molecule has 0 saturated heterocycles. The maximum absolute atomic E-state index is 12.4. The average Bonchev–Trinajstić information content (AvgIpc) is 2.15. The van der Waals surface area contributed by atoms with Crippen LogP contribution in [-0.4, -0.2) is 4.98 Å². The Hall–Kier alpha value is -1.78. The number of rotatable bonds is 0. The Morgan fingerprint density at radius 1 is 1.19 bits per heavy atom. The minimum Gasteiger partial charge on any atom is -0.326 e. The first-order valence-electron chi connectivity index (χ1n) is 4.59. The molecule has 0 saturated carbocycles. The summed E-state index contributed by atoms with van der Waals surface area (Å²) >= 11 is 0. The SMILES string of the molecule is Cc1cc2cc(C(F)(F)F)ccc2c(=O)[nH]1. The van der Waals surface area contributed by atoms with Crippen LogP contribution < -0.4 is 5.56 Å². The Kier molecular flexibility index (Phi) is 2.26. The van der Waals surface area contributed by atoms with Crippen molar-refractivity contribution < 1.29 is 13.2 Å². The molecular weight excluding hydrogens is 219 g/mol. The lowest BCUT2D eigenvalue weighted by atomic mass is 10.1. The van der Waals surface area contributed by atoms with E-state index in [-0.39, 0.29) is 10.9 Å². The van der Waals surface area contributed by atoms with E-state index in [1.807, 2.05) is 0 Å². The molecule has 0 bridgehead atoms. The number of halogens is 3. The highest BCUT2D eigenvalue weighted by atomic mass is 19.4. The summed E-state index contributed by atoms with van der Waals surface area (Å²) in [5, 5.41) is 0.565. The van der Waals surface area contributed by atoms with Crippen molar-refractivity contribution in [3.63, 3.8) is 0 Å². The summed E-state index contributed by atoms with van der Waals surface area (Å²) in [6, 6.07) is 4.60. The predicted molar refractivity (Wildman–Crippen MR) is 54.3 cm³/mol. The largest absolute Gasteiger partial charge is 0.416 e. The van der Waals surface area contributed by atoms with Gasteiger partial charge in [0.1, 0.15) is 0 Å². The molecule has 1 heterocycles. The first-order chi connectivity index (χ1) is 7.38. The molecule has 0 aliphatic carbocycles. The third-order valence-electron chi connectivity index (χ3n) is 2.31. The van der Waals surface area contributed by atoms with Crippen molar-refractivity contribution >= 4 is 10.8 Å². The van der Waals surface area contributed by atoms with Gasteiger partial charge in [0.15, 0.2) is 0 Å². The van der Waals surface area contributed by atoms with Crippen LogP contribution in [0.2, 0.25) is 0 Å². The van der Waals surface area contributed by atoms with Gasteiger partial charge in [-0.2, -0.15) is 13.2 Å². The Morgan fingerprint density at radius 2 is 1.88 bits per heavy atom. The molecule has 0 atom stereocenters. The predicted octanol–water partition coefficient (Wildman–Crippen LogP) is 2.86. The molecule has 84 valence electrons. The van der Waals surface area contributed by atoms with E-state index >= 15 is 0 Å². The lowest BCUT2D eigenvalue weighted by Gasteiger charge is -2.07. The summed E-state index contributed by atoms with van der Waals surface area (Å²) in [5.41, 5.74) is -0.578. The van der Waals surface area contributed by atoms with Gasteiger partial charge < -0.3 is 4.98 Å². The van der Waals surface area contributed by atoms with Gasteiger partial charge >= 0.3 is 6.18 Å². The zero-order valence-electron chi connectivity index (χ0n) is 8.35. The number of hydrogen-bond acceptors (Lipinski definition) is 1. The second-order valence-corrected chi connectivity index (χ2v) is 3.58. The molecule has 0 spiro atoms. The smallest absolute Gasteiger partial charge is 0.326 e. The number of benzene rings is 1. The van der Waals surface area contributed by atoms with Gasteiger partial charge in [0.2, 0.25) is 0 Å². The average molecular weight is 227 g/mol. The highest BCUT2D eigenvalue weighted by Crippen LogP contribution is 2.30. The molecule has 1 aromatic carbocycles. The second kappa shape index (κ2) is 3.37. The summed E-state index contributed by atoms with van der Waals surface area (Å²) in [7, 11) is 0. The van der Waals surface area contributed by atoms with E-state index in [1.165, 1.54) is 12.1 Å². The number of H-pyrrole nitrogens is 1. The first kappa shape index (κ1) is 10.7. The van der Waals surface area contributed by atoms with E-state index < -0.39 is 11.7 Å². The van der Waals surface area contributed by atoms with Crippen LogP contribution in [0.15, 0.2) is 29.1 Å². The molecule has 0 fully saturated rings. The number of nitrogens with one attached hydrogen (secondary N) is 1.